The molecule has 1 fully saturated rings. The van der Waals surface area contributed by atoms with E-state index in [4.69, 9.17) is 4.74 Å². The third-order valence-electron chi connectivity index (χ3n) is 4.35. The van der Waals surface area contributed by atoms with E-state index < -0.39 is 0 Å². The smallest absolute Gasteiger partial charge is 0.220 e. The number of rotatable bonds is 2. The van der Waals surface area contributed by atoms with Crippen molar-refractivity contribution in [1.82, 2.24) is 14.9 Å². The van der Waals surface area contributed by atoms with Gasteiger partial charge in [-0.2, -0.15) is 0 Å². The highest BCUT2D eigenvalue weighted by molar-refractivity contribution is 5.31. The second kappa shape index (κ2) is 5.43. The highest BCUT2D eigenvalue weighted by Crippen LogP contribution is 2.30. The van der Waals surface area contributed by atoms with Gasteiger partial charge in [-0.25, -0.2) is 9.97 Å². The summed E-state index contributed by atoms with van der Waals surface area (Å²) in [6.45, 7) is 1.76. The summed E-state index contributed by atoms with van der Waals surface area (Å²) in [6, 6.07) is 0.284. The van der Waals surface area contributed by atoms with Crippen molar-refractivity contribution in [2.24, 2.45) is 0 Å². The average molecular weight is 263 g/mol. The number of methoxy groups -OCH3 is 1. The number of hydrogen-bond acceptors (Lipinski definition) is 5. The fourth-order valence-corrected chi connectivity index (χ4v) is 3.31. The van der Waals surface area contributed by atoms with E-state index in [1.54, 1.807) is 13.4 Å². The Hall–Kier alpha value is -1.20. The highest BCUT2D eigenvalue weighted by Gasteiger charge is 2.32. The molecule has 5 heteroatoms. The Bertz CT molecular complexity index is 438. The van der Waals surface area contributed by atoms with Crippen LogP contribution in [0.2, 0.25) is 0 Å². The van der Waals surface area contributed by atoms with Crippen LogP contribution in [0, 0.1) is 0 Å². The van der Waals surface area contributed by atoms with Crippen molar-refractivity contribution in [3.05, 3.63) is 17.6 Å². The minimum Gasteiger partial charge on any atom is -0.481 e. The van der Waals surface area contributed by atoms with Gasteiger partial charge >= 0.3 is 0 Å². The van der Waals surface area contributed by atoms with Crippen LogP contribution in [-0.2, 0) is 13.0 Å². The molecule has 2 atom stereocenters. The number of ether oxygens (including phenoxy) is 1. The molecule has 3 rings (SSSR count). The molecule has 0 bridgehead atoms. The molecule has 2 heterocycles. The van der Waals surface area contributed by atoms with Gasteiger partial charge < -0.3 is 9.84 Å². The Balaban J connectivity index is 1.81. The van der Waals surface area contributed by atoms with Crippen LogP contribution in [0.5, 0.6) is 5.88 Å². The van der Waals surface area contributed by atoms with Gasteiger partial charge in [0, 0.05) is 31.1 Å². The molecule has 0 spiro atoms. The molecule has 1 N–H and O–H groups in total. The maximum absolute atomic E-state index is 10.2. The first-order valence-corrected chi connectivity index (χ1v) is 7.08. The van der Waals surface area contributed by atoms with Crippen LogP contribution in [0.15, 0.2) is 6.33 Å². The molecule has 0 radical (unpaired) electrons. The second-order valence-electron chi connectivity index (χ2n) is 5.45. The summed E-state index contributed by atoms with van der Waals surface area (Å²) in [5.41, 5.74) is 2.18. The molecule has 19 heavy (non-hydrogen) atoms. The fourth-order valence-electron chi connectivity index (χ4n) is 3.31. The Morgan fingerprint density at radius 1 is 1.32 bits per heavy atom. The Morgan fingerprint density at radius 3 is 2.95 bits per heavy atom. The zero-order chi connectivity index (χ0) is 13.2. The summed E-state index contributed by atoms with van der Waals surface area (Å²) in [7, 11) is 1.65. The average Bonchev–Trinajstić information content (AvgIpc) is 2.46. The first-order chi connectivity index (χ1) is 9.29. The monoisotopic (exact) mass is 263 g/mol. The fraction of sp³-hybridized carbons (Fsp3) is 0.714. The van der Waals surface area contributed by atoms with E-state index in [9.17, 15) is 5.11 Å². The van der Waals surface area contributed by atoms with E-state index in [0.717, 1.165) is 50.0 Å². The first kappa shape index (κ1) is 12.8. The zero-order valence-electron chi connectivity index (χ0n) is 11.4. The predicted molar refractivity (Wildman–Crippen MR) is 71.0 cm³/mol. The Morgan fingerprint density at radius 2 is 2.16 bits per heavy atom. The van der Waals surface area contributed by atoms with Crippen LogP contribution >= 0.6 is 0 Å². The molecule has 1 aromatic rings. The molecule has 2 unspecified atom stereocenters. The lowest BCUT2D eigenvalue weighted by Gasteiger charge is -2.40. The minimum absolute atomic E-state index is 0.189. The van der Waals surface area contributed by atoms with Gasteiger partial charge in [-0.1, -0.05) is 12.8 Å². The van der Waals surface area contributed by atoms with Crippen molar-refractivity contribution < 1.29 is 9.84 Å². The van der Waals surface area contributed by atoms with E-state index in [2.05, 4.69) is 14.9 Å². The van der Waals surface area contributed by atoms with E-state index in [0.29, 0.717) is 5.88 Å². The molecule has 1 aliphatic heterocycles. The molecular formula is C14H21N3O2. The molecule has 104 valence electrons. The molecular weight excluding hydrogens is 242 g/mol. The van der Waals surface area contributed by atoms with Crippen molar-refractivity contribution in [2.75, 3.05) is 13.7 Å². The maximum Gasteiger partial charge on any atom is 0.220 e. The Kier molecular flexibility index (Phi) is 3.66. The number of hydrogen-bond donors (Lipinski definition) is 1. The molecule has 0 amide bonds. The third-order valence-corrected chi connectivity index (χ3v) is 4.35. The molecule has 0 saturated heterocycles. The zero-order valence-corrected chi connectivity index (χ0v) is 11.4. The van der Waals surface area contributed by atoms with Gasteiger partial charge in [0.2, 0.25) is 5.88 Å². The normalized spacial score (nSPS) is 27.9. The first-order valence-electron chi connectivity index (χ1n) is 7.08. The van der Waals surface area contributed by atoms with Gasteiger partial charge in [0.15, 0.2) is 0 Å². The van der Waals surface area contributed by atoms with E-state index >= 15 is 0 Å². The molecule has 1 aromatic heterocycles. The maximum atomic E-state index is 10.2. The van der Waals surface area contributed by atoms with Crippen molar-refractivity contribution in [1.29, 1.82) is 0 Å². The molecule has 1 saturated carbocycles. The van der Waals surface area contributed by atoms with Crippen molar-refractivity contribution in [3.8, 4) is 5.88 Å². The number of nitrogens with zero attached hydrogens (tertiary/aromatic N) is 3. The summed E-state index contributed by atoms with van der Waals surface area (Å²) in [5, 5.41) is 10.2. The lowest BCUT2D eigenvalue weighted by Crippen LogP contribution is -2.47. The number of fused-ring (bicyclic) bond motifs is 1. The van der Waals surface area contributed by atoms with Gasteiger partial charge in [0.05, 0.1) is 18.9 Å². The third kappa shape index (κ3) is 2.44. The van der Waals surface area contributed by atoms with Gasteiger partial charge in [-0.05, 0) is 12.8 Å². The van der Waals surface area contributed by atoms with Gasteiger partial charge in [0.1, 0.15) is 6.33 Å². The Labute approximate surface area is 113 Å². The van der Waals surface area contributed by atoms with Crippen LogP contribution in [0.1, 0.15) is 36.9 Å². The topological polar surface area (TPSA) is 58.5 Å². The summed E-state index contributed by atoms with van der Waals surface area (Å²) in [4.78, 5) is 10.9. The van der Waals surface area contributed by atoms with E-state index in [1.165, 1.54) is 6.42 Å². The summed E-state index contributed by atoms with van der Waals surface area (Å²) in [5.74, 6) is 0.681. The summed E-state index contributed by atoms with van der Waals surface area (Å²) in [6.07, 6.45) is 6.68. The van der Waals surface area contributed by atoms with Crippen LogP contribution in [0.25, 0.3) is 0 Å². The van der Waals surface area contributed by atoms with Gasteiger partial charge in [-0.3, -0.25) is 4.90 Å². The lowest BCUT2D eigenvalue weighted by atomic mass is 9.90. The molecule has 0 aromatic carbocycles. The number of aromatic nitrogens is 2. The SMILES string of the molecule is COc1ncnc2c1CN(C1CCCCC1O)CC2. The largest absolute Gasteiger partial charge is 0.481 e. The quantitative estimate of drug-likeness (QED) is 0.867. The van der Waals surface area contributed by atoms with E-state index in [1.807, 2.05) is 0 Å². The highest BCUT2D eigenvalue weighted by atomic mass is 16.5. The van der Waals surface area contributed by atoms with E-state index in [-0.39, 0.29) is 12.1 Å². The van der Waals surface area contributed by atoms with Crippen molar-refractivity contribution in [2.45, 2.75) is 50.8 Å². The lowest BCUT2D eigenvalue weighted by molar-refractivity contribution is 0.0123. The predicted octanol–water partition coefficient (Wildman–Crippen LogP) is 1.15. The van der Waals surface area contributed by atoms with Crippen molar-refractivity contribution in [3.63, 3.8) is 0 Å². The summed E-state index contributed by atoms with van der Waals surface area (Å²) >= 11 is 0. The molecule has 5 nitrogen and oxygen atoms in total. The number of aliphatic hydroxyl groups excluding tert-OH is 1. The van der Waals surface area contributed by atoms with Crippen LogP contribution in [-0.4, -0.2) is 45.8 Å². The summed E-state index contributed by atoms with van der Waals surface area (Å²) < 4.78 is 5.33. The number of aliphatic hydroxyl groups is 1. The van der Waals surface area contributed by atoms with Gasteiger partial charge in [-0.15, -0.1) is 0 Å². The van der Waals surface area contributed by atoms with Crippen LogP contribution in [0.3, 0.4) is 0 Å². The standard InChI is InChI=1S/C14H21N3O2/c1-19-14-10-8-17(7-6-11(10)15-9-16-14)12-4-2-3-5-13(12)18/h9,12-13,18H,2-8H2,1H3. The van der Waals surface area contributed by atoms with Crippen LogP contribution in [0.4, 0.5) is 0 Å². The molecule has 1 aliphatic carbocycles. The molecule has 2 aliphatic rings. The second-order valence-corrected chi connectivity index (χ2v) is 5.45. The van der Waals surface area contributed by atoms with Gasteiger partial charge in [0.25, 0.3) is 0 Å². The minimum atomic E-state index is -0.189. The van der Waals surface area contributed by atoms with Crippen LogP contribution < -0.4 is 4.74 Å². The van der Waals surface area contributed by atoms with Crippen molar-refractivity contribution >= 4 is 0 Å².